The van der Waals surface area contributed by atoms with Crippen LogP contribution in [0.1, 0.15) is 56.0 Å². The minimum absolute atomic E-state index is 0.0239. The number of thiazole rings is 1. The number of nitrogens with one attached hydrogen (secondary N) is 1. The molecule has 1 atom stereocenters. The molecule has 3 aromatic rings. The molecule has 2 aromatic carbocycles. The second kappa shape index (κ2) is 7.81. The molecule has 0 saturated heterocycles. The topological polar surface area (TPSA) is 68.2 Å². The lowest BCUT2D eigenvalue weighted by atomic mass is 9.98. The van der Waals surface area contributed by atoms with Gasteiger partial charge in [0.2, 0.25) is 10.0 Å². The van der Waals surface area contributed by atoms with Crippen molar-refractivity contribution < 1.29 is 8.42 Å². The third-order valence-electron chi connectivity index (χ3n) is 4.92. The van der Waals surface area contributed by atoms with E-state index in [0.29, 0.717) is 11.1 Å². The average Bonchev–Trinajstić information content (AvgIpc) is 2.95. The number of aromatic nitrogens is 1. The summed E-state index contributed by atoms with van der Waals surface area (Å²) >= 11 is 1.08. The van der Waals surface area contributed by atoms with Gasteiger partial charge in [-0.2, -0.15) is 0 Å². The van der Waals surface area contributed by atoms with Crippen LogP contribution in [0.4, 0.5) is 0 Å². The number of hydrogen-bond donors (Lipinski definition) is 1. The number of hydrogen-bond acceptors (Lipinski definition) is 4. The van der Waals surface area contributed by atoms with Crippen molar-refractivity contribution in [1.82, 2.24) is 9.29 Å². The summed E-state index contributed by atoms with van der Waals surface area (Å²) in [6.07, 6.45) is 0.641. The number of fused-ring (bicyclic) bond motifs is 1. The highest BCUT2D eigenvalue weighted by Gasteiger charge is 2.23. The van der Waals surface area contributed by atoms with Gasteiger partial charge in [-0.25, -0.2) is 13.1 Å². The zero-order valence-electron chi connectivity index (χ0n) is 16.8. The van der Waals surface area contributed by atoms with Crippen LogP contribution in [0, 0.1) is 13.8 Å². The predicted octanol–water partition coefficient (Wildman–Crippen LogP) is 4.69. The van der Waals surface area contributed by atoms with Crippen molar-refractivity contribution in [3.63, 3.8) is 0 Å². The van der Waals surface area contributed by atoms with E-state index in [-0.39, 0.29) is 21.9 Å². The van der Waals surface area contributed by atoms with Crippen LogP contribution in [-0.2, 0) is 10.0 Å². The van der Waals surface area contributed by atoms with Gasteiger partial charge in [-0.1, -0.05) is 42.0 Å². The lowest BCUT2D eigenvalue weighted by Gasteiger charge is -2.20. The fourth-order valence-electron chi connectivity index (χ4n) is 3.51. The Kier molecular flexibility index (Phi) is 5.79. The molecule has 0 radical (unpaired) electrons. The Morgan fingerprint density at radius 3 is 2.43 bits per heavy atom. The van der Waals surface area contributed by atoms with E-state index in [1.807, 2.05) is 46.8 Å². The molecule has 28 heavy (non-hydrogen) atoms. The number of nitrogens with zero attached hydrogens (tertiary/aromatic N) is 1. The maximum atomic E-state index is 13.0. The average molecular weight is 419 g/mol. The predicted molar refractivity (Wildman–Crippen MR) is 116 cm³/mol. The third kappa shape index (κ3) is 3.92. The highest BCUT2D eigenvalue weighted by Crippen LogP contribution is 2.27. The van der Waals surface area contributed by atoms with E-state index in [1.54, 1.807) is 22.8 Å². The van der Waals surface area contributed by atoms with E-state index in [0.717, 1.165) is 33.5 Å². The first-order valence-electron chi connectivity index (χ1n) is 9.38. The first-order valence-corrected chi connectivity index (χ1v) is 11.7. The Labute approximate surface area is 170 Å². The van der Waals surface area contributed by atoms with Crippen LogP contribution in [0.25, 0.3) is 10.2 Å². The summed E-state index contributed by atoms with van der Waals surface area (Å²) in [4.78, 5) is 12.3. The minimum atomic E-state index is -3.72. The first-order chi connectivity index (χ1) is 13.1. The Balaban J connectivity index is 1.98. The highest BCUT2D eigenvalue weighted by atomic mass is 32.2. The van der Waals surface area contributed by atoms with E-state index in [2.05, 4.69) is 10.8 Å². The van der Waals surface area contributed by atoms with E-state index < -0.39 is 10.0 Å². The van der Waals surface area contributed by atoms with Crippen LogP contribution in [-0.4, -0.2) is 13.0 Å². The van der Waals surface area contributed by atoms with E-state index in [9.17, 15) is 13.2 Å². The molecule has 0 fully saturated rings. The molecule has 0 saturated carbocycles. The second-order valence-corrected chi connectivity index (χ2v) is 10.1. The summed E-state index contributed by atoms with van der Waals surface area (Å²) in [5, 5.41) is 0. The minimum Gasteiger partial charge on any atom is -0.296 e. The molecule has 0 aliphatic heterocycles. The molecule has 0 spiro atoms. The summed E-state index contributed by atoms with van der Waals surface area (Å²) in [6.45, 7) is 9.86. The van der Waals surface area contributed by atoms with Crippen molar-refractivity contribution in [3.8, 4) is 0 Å². The van der Waals surface area contributed by atoms with Crippen LogP contribution in [0.15, 0.2) is 46.1 Å². The van der Waals surface area contributed by atoms with E-state index in [1.165, 1.54) is 0 Å². The highest BCUT2D eigenvalue weighted by molar-refractivity contribution is 7.89. The molecule has 5 nitrogen and oxygen atoms in total. The van der Waals surface area contributed by atoms with Gasteiger partial charge in [0.05, 0.1) is 15.1 Å². The summed E-state index contributed by atoms with van der Waals surface area (Å²) in [5.41, 5.74) is 3.96. The van der Waals surface area contributed by atoms with Gasteiger partial charge in [0.15, 0.2) is 0 Å². The molecule has 0 bridgehead atoms. The van der Waals surface area contributed by atoms with Crippen molar-refractivity contribution >= 4 is 31.6 Å². The van der Waals surface area contributed by atoms with E-state index >= 15 is 0 Å². The molecular formula is C21H26N2O3S2. The van der Waals surface area contributed by atoms with Crippen LogP contribution in [0.3, 0.4) is 0 Å². The van der Waals surface area contributed by atoms with Gasteiger partial charge in [0, 0.05) is 12.1 Å². The van der Waals surface area contributed by atoms with Gasteiger partial charge < -0.3 is 0 Å². The SMILES string of the molecule is CCC(NS(=O)(=O)c1ccc2c(c1)sc(=O)n2C(C)C)c1ccc(C)cc1C. The lowest BCUT2D eigenvalue weighted by Crippen LogP contribution is -2.28. The van der Waals surface area contributed by atoms with Gasteiger partial charge in [-0.05, 0) is 63.4 Å². The summed E-state index contributed by atoms with van der Waals surface area (Å²) in [5.74, 6) is 0. The maximum Gasteiger partial charge on any atom is 0.308 e. The monoisotopic (exact) mass is 418 g/mol. The van der Waals surface area contributed by atoms with Crippen LogP contribution >= 0.6 is 11.3 Å². The number of rotatable bonds is 6. The molecule has 1 aromatic heterocycles. The molecule has 150 valence electrons. The number of benzene rings is 2. The largest absolute Gasteiger partial charge is 0.308 e. The fourth-order valence-corrected chi connectivity index (χ4v) is 5.96. The van der Waals surface area contributed by atoms with Crippen molar-refractivity contribution in [2.75, 3.05) is 0 Å². The Morgan fingerprint density at radius 1 is 1.11 bits per heavy atom. The lowest BCUT2D eigenvalue weighted by molar-refractivity contribution is 0.549. The first kappa shape index (κ1) is 20.8. The Hall–Kier alpha value is -1.96. The van der Waals surface area contributed by atoms with Crippen molar-refractivity contribution in [2.45, 2.75) is 58.0 Å². The smallest absolute Gasteiger partial charge is 0.296 e. The van der Waals surface area contributed by atoms with Crippen molar-refractivity contribution in [1.29, 1.82) is 0 Å². The molecule has 1 heterocycles. The molecular weight excluding hydrogens is 392 g/mol. The second-order valence-electron chi connectivity index (χ2n) is 7.40. The molecule has 0 amide bonds. The Morgan fingerprint density at radius 2 is 1.82 bits per heavy atom. The normalized spacial score (nSPS) is 13.4. The van der Waals surface area contributed by atoms with Crippen LogP contribution < -0.4 is 9.60 Å². The summed E-state index contributed by atoms with van der Waals surface area (Å²) < 4.78 is 31.3. The molecule has 0 aliphatic rings. The molecule has 1 N–H and O–H groups in total. The molecule has 3 rings (SSSR count). The van der Waals surface area contributed by atoms with Crippen molar-refractivity contribution in [3.05, 3.63) is 62.8 Å². The van der Waals surface area contributed by atoms with Gasteiger partial charge in [0.25, 0.3) is 0 Å². The summed E-state index contributed by atoms with van der Waals surface area (Å²) in [6, 6.07) is 10.7. The zero-order valence-corrected chi connectivity index (χ0v) is 18.4. The van der Waals surface area contributed by atoms with Crippen LogP contribution in [0.2, 0.25) is 0 Å². The van der Waals surface area contributed by atoms with Gasteiger partial charge in [-0.15, -0.1) is 0 Å². The van der Waals surface area contributed by atoms with Gasteiger partial charge in [0.1, 0.15) is 0 Å². The molecule has 1 unspecified atom stereocenters. The molecule has 0 aliphatic carbocycles. The van der Waals surface area contributed by atoms with Crippen molar-refractivity contribution in [2.24, 2.45) is 0 Å². The number of sulfonamides is 1. The van der Waals surface area contributed by atoms with Crippen LogP contribution in [0.5, 0.6) is 0 Å². The van der Waals surface area contributed by atoms with Gasteiger partial charge >= 0.3 is 4.87 Å². The maximum absolute atomic E-state index is 13.0. The Bertz CT molecular complexity index is 1170. The standard InChI is InChI=1S/C21H26N2O3S2/c1-6-18(17-9-7-14(4)11-15(17)5)22-28(25,26)16-8-10-19-20(12-16)27-21(24)23(19)13(2)3/h7-13,18,22H,6H2,1-5H3. The fraction of sp³-hybridized carbons (Fsp3) is 0.381. The van der Waals surface area contributed by atoms with Gasteiger partial charge in [-0.3, -0.25) is 9.36 Å². The number of aryl methyl sites for hydroxylation is 2. The summed E-state index contributed by atoms with van der Waals surface area (Å²) in [7, 11) is -3.72. The molecule has 7 heteroatoms. The van der Waals surface area contributed by atoms with E-state index in [4.69, 9.17) is 0 Å². The third-order valence-corrected chi connectivity index (χ3v) is 7.31. The quantitative estimate of drug-likeness (QED) is 0.631. The zero-order chi connectivity index (χ0) is 20.6.